The normalized spacial score (nSPS) is 11.5. The van der Waals surface area contributed by atoms with Crippen molar-refractivity contribution < 1.29 is 23.5 Å². The first kappa shape index (κ1) is 19.7. The number of benzene rings is 2. The number of rotatable bonds is 6. The lowest BCUT2D eigenvalue weighted by Gasteiger charge is -2.18. The second-order valence-corrected chi connectivity index (χ2v) is 6.77. The SMILES string of the molecule is COc1ccc(C)cc1NC(=O)[C@@H](OC(=O)c1ccc(Br)o1)c1ccccc1. The summed E-state index contributed by atoms with van der Waals surface area (Å²) in [6.45, 7) is 1.90. The highest BCUT2D eigenvalue weighted by atomic mass is 79.9. The third-order valence-electron chi connectivity index (χ3n) is 3.95. The number of amides is 1. The van der Waals surface area contributed by atoms with Crippen LogP contribution in [0.1, 0.15) is 27.8 Å². The molecule has 0 spiro atoms. The summed E-state index contributed by atoms with van der Waals surface area (Å²) in [5.74, 6) is -0.749. The zero-order valence-corrected chi connectivity index (χ0v) is 16.9. The lowest BCUT2D eigenvalue weighted by atomic mass is 10.1. The van der Waals surface area contributed by atoms with Gasteiger partial charge in [-0.15, -0.1) is 0 Å². The highest BCUT2D eigenvalue weighted by molar-refractivity contribution is 9.10. The van der Waals surface area contributed by atoms with Gasteiger partial charge < -0.3 is 19.2 Å². The lowest BCUT2D eigenvalue weighted by Crippen LogP contribution is -2.26. The average Bonchev–Trinajstić information content (AvgIpc) is 3.13. The Morgan fingerprint density at radius 3 is 2.46 bits per heavy atom. The highest BCUT2D eigenvalue weighted by Gasteiger charge is 2.27. The number of furan rings is 1. The molecule has 1 amide bonds. The van der Waals surface area contributed by atoms with Gasteiger partial charge in [0.1, 0.15) is 5.75 Å². The van der Waals surface area contributed by atoms with E-state index < -0.39 is 18.0 Å². The molecule has 0 fully saturated rings. The van der Waals surface area contributed by atoms with Gasteiger partial charge in [-0.05, 0) is 52.7 Å². The summed E-state index contributed by atoms with van der Waals surface area (Å²) in [7, 11) is 1.52. The Labute approximate surface area is 170 Å². The molecule has 2 aromatic carbocycles. The summed E-state index contributed by atoms with van der Waals surface area (Å²) >= 11 is 3.14. The van der Waals surface area contributed by atoms with E-state index in [1.807, 2.05) is 19.1 Å². The highest BCUT2D eigenvalue weighted by Crippen LogP contribution is 2.28. The van der Waals surface area contributed by atoms with Crippen LogP contribution in [0.15, 0.2) is 69.8 Å². The summed E-state index contributed by atoms with van der Waals surface area (Å²) in [4.78, 5) is 25.4. The summed E-state index contributed by atoms with van der Waals surface area (Å²) in [6, 6.07) is 17.2. The molecule has 0 radical (unpaired) electrons. The van der Waals surface area contributed by atoms with Crippen LogP contribution < -0.4 is 10.1 Å². The van der Waals surface area contributed by atoms with Gasteiger partial charge in [0.25, 0.3) is 5.91 Å². The molecule has 0 saturated carbocycles. The lowest BCUT2D eigenvalue weighted by molar-refractivity contribution is -0.125. The number of carbonyl (C=O) groups excluding carboxylic acids is 2. The van der Waals surface area contributed by atoms with Crippen molar-refractivity contribution in [3.05, 3.63) is 82.2 Å². The van der Waals surface area contributed by atoms with Crippen LogP contribution >= 0.6 is 15.9 Å². The third kappa shape index (κ3) is 4.61. The molecule has 28 heavy (non-hydrogen) atoms. The van der Waals surface area contributed by atoms with E-state index in [1.165, 1.54) is 13.2 Å². The van der Waals surface area contributed by atoms with Crippen LogP contribution in [0.4, 0.5) is 5.69 Å². The van der Waals surface area contributed by atoms with Gasteiger partial charge in [0.2, 0.25) is 11.9 Å². The number of methoxy groups -OCH3 is 1. The van der Waals surface area contributed by atoms with Gasteiger partial charge in [0.15, 0.2) is 4.67 Å². The minimum Gasteiger partial charge on any atom is -0.495 e. The van der Waals surface area contributed by atoms with Crippen molar-refractivity contribution in [2.75, 3.05) is 12.4 Å². The van der Waals surface area contributed by atoms with E-state index in [4.69, 9.17) is 13.9 Å². The topological polar surface area (TPSA) is 77.8 Å². The number of carbonyl (C=O) groups is 2. The molecule has 0 unspecified atom stereocenters. The molecule has 3 aromatic rings. The fraction of sp³-hybridized carbons (Fsp3) is 0.143. The Balaban J connectivity index is 1.87. The number of hydrogen-bond acceptors (Lipinski definition) is 5. The van der Waals surface area contributed by atoms with Crippen LogP contribution in [0.2, 0.25) is 0 Å². The second-order valence-electron chi connectivity index (χ2n) is 5.99. The summed E-state index contributed by atoms with van der Waals surface area (Å²) in [5.41, 5.74) is 1.97. The van der Waals surface area contributed by atoms with Crippen molar-refractivity contribution in [2.24, 2.45) is 0 Å². The first-order valence-electron chi connectivity index (χ1n) is 8.44. The minimum atomic E-state index is -1.16. The van der Waals surface area contributed by atoms with Crippen molar-refractivity contribution in [1.82, 2.24) is 0 Å². The van der Waals surface area contributed by atoms with Crippen LogP contribution in [-0.4, -0.2) is 19.0 Å². The van der Waals surface area contributed by atoms with Crippen LogP contribution in [0, 0.1) is 6.92 Å². The molecule has 1 N–H and O–H groups in total. The van der Waals surface area contributed by atoms with E-state index in [0.717, 1.165) is 5.56 Å². The molecule has 0 aliphatic carbocycles. The molecule has 0 saturated heterocycles. The van der Waals surface area contributed by atoms with Crippen molar-refractivity contribution in [2.45, 2.75) is 13.0 Å². The van der Waals surface area contributed by atoms with E-state index in [0.29, 0.717) is 21.7 Å². The van der Waals surface area contributed by atoms with Gasteiger partial charge in [-0.1, -0.05) is 36.4 Å². The molecular weight excluding hydrogens is 426 g/mol. The molecular formula is C21H18BrNO5. The van der Waals surface area contributed by atoms with Crippen molar-refractivity contribution in [3.8, 4) is 5.75 Å². The third-order valence-corrected chi connectivity index (χ3v) is 4.38. The van der Waals surface area contributed by atoms with Crippen molar-refractivity contribution in [1.29, 1.82) is 0 Å². The first-order valence-corrected chi connectivity index (χ1v) is 9.24. The van der Waals surface area contributed by atoms with E-state index in [9.17, 15) is 9.59 Å². The number of halogens is 1. The molecule has 1 heterocycles. The maximum Gasteiger partial charge on any atom is 0.375 e. The van der Waals surface area contributed by atoms with Crippen LogP contribution in [0.3, 0.4) is 0 Å². The molecule has 6 nitrogen and oxygen atoms in total. The maximum atomic E-state index is 13.0. The largest absolute Gasteiger partial charge is 0.495 e. The molecule has 1 atom stereocenters. The Kier molecular flexibility index (Phi) is 6.16. The van der Waals surface area contributed by atoms with Crippen LogP contribution in [-0.2, 0) is 9.53 Å². The fourth-order valence-corrected chi connectivity index (χ4v) is 2.91. The Bertz CT molecular complexity index is 983. The van der Waals surface area contributed by atoms with Crippen molar-refractivity contribution in [3.63, 3.8) is 0 Å². The molecule has 1 aromatic heterocycles. The first-order chi connectivity index (χ1) is 13.5. The van der Waals surface area contributed by atoms with E-state index in [1.54, 1.807) is 42.5 Å². The number of esters is 1. The number of hydrogen-bond donors (Lipinski definition) is 1. The molecule has 0 aliphatic rings. The Morgan fingerprint density at radius 1 is 1.07 bits per heavy atom. The predicted octanol–water partition coefficient (Wildman–Crippen LogP) is 4.90. The molecule has 3 rings (SSSR count). The molecule has 0 aliphatic heterocycles. The number of ether oxygens (including phenoxy) is 2. The van der Waals surface area contributed by atoms with Crippen LogP contribution in [0.25, 0.3) is 0 Å². The monoisotopic (exact) mass is 443 g/mol. The summed E-state index contributed by atoms with van der Waals surface area (Å²) < 4.78 is 16.4. The van der Waals surface area contributed by atoms with Gasteiger partial charge in [-0.25, -0.2) is 4.79 Å². The Hall–Kier alpha value is -3.06. The van der Waals surface area contributed by atoms with E-state index >= 15 is 0 Å². The molecule has 144 valence electrons. The van der Waals surface area contributed by atoms with Gasteiger partial charge in [-0.3, -0.25) is 4.79 Å². The predicted molar refractivity (Wildman–Crippen MR) is 107 cm³/mol. The number of nitrogens with one attached hydrogen (secondary N) is 1. The van der Waals surface area contributed by atoms with Gasteiger partial charge in [0, 0.05) is 5.56 Å². The van der Waals surface area contributed by atoms with Gasteiger partial charge >= 0.3 is 5.97 Å². The number of anilines is 1. The second kappa shape index (κ2) is 8.75. The minimum absolute atomic E-state index is 0.00579. The molecule has 7 heteroatoms. The maximum absolute atomic E-state index is 13.0. The summed E-state index contributed by atoms with van der Waals surface area (Å²) in [6.07, 6.45) is -1.16. The fourth-order valence-electron chi connectivity index (χ4n) is 2.61. The zero-order valence-electron chi connectivity index (χ0n) is 15.3. The van der Waals surface area contributed by atoms with Gasteiger partial charge in [-0.2, -0.15) is 0 Å². The summed E-state index contributed by atoms with van der Waals surface area (Å²) in [5, 5.41) is 2.78. The smallest absolute Gasteiger partial charge is 0.375 e. The molecule has 0 bridgehead atoms. The quantitative estimate of drug-likeness (QED) is 0.548. The van der Waals surface area contributed by atoms with Crippen molar-refractivity contribution >= 4 is 33.5 Å². The van der Waals surface area contributed by atoms with E-state index in [2.05, 4.69) is 21.2 Å². The zero-order chi connectivity index (χ0) is 20.1. The number of aryl methyl sites for hydroxylation is 1. The van der Waals surface area contributed by atoms with E-state index in [-0.39, 0.29) is 5.76 Å². The van der Waals surface area contributed by atoms with Crippen LogP contribution in [0.5, 0.6) is 5.75 Å². The Morgan fingerprint density at radius 2 is 1.82 bits per heavy atom. The standard InChI is InChI=1S/C21H18BrNO5/c1-13-8-9-16(26-2)15(12-13)23-20(24)19(14-6-4-3-5-7-14)28-21(25)17-10-11-18(22)27-17/h3-12,19H,1-2H3,(H,23,24)/t19-/m0/s1. The van der Waals surface area contributed by atoms with Gasteiger partial charge in [0.05, 0.1) is 12.8 Å². The average molecular weight is 444 g/mol.